The molecule has 0 aliphatic rings. The van der Waals surface area contributed by atoms with E-state index in [1.165, 1.54) is 0 Å². The van der Waals surface area contributed by atoms with Gasteiger partial charge in [0.1, 0.15) is 24.7 Å². The Morgan fingerprint density at radius 3 is 1.77 bits per heavy atom. The fourth-order valence-electron chi connectivity index (χ4n) is 3.39. The van der Waals surface area contributed by atoms with Crippen molar-refractivity contribution >= 4 is 52.1 Å². The van der Waals surface area contributed by atoms with Gasteiger partial charge in [0.05, 0.1) is 19.8 Å². The minimum absolute atomic E-state index is 0.0590. The van der Waals surface area contributed by atoms with Gasteiger partial charge in [0.2, 0.25) is 0 Å². The molecule has 1 atom stereocenters. The third-order valence-corrected chi connectivity index (χ3v) is 7.49. The lowest BCUT2D eigenvalue weighted by atomic mass is 9.93. The molecule has 0 radical (unpaired) electrons. The number of aromatic hydroxyl groups is 1. The summed E-state index contributed by atoms with van der Waals surface area (Å²) in [5, 5.41) is 10.2. The molecule has 40 heavy (non-hydrogen) atoms. The van der Waals surface area contributed by atoms with E-state index in [9.17, 15) is 24.2 Å². The largest absolute Gasteiger partial charge is 0.508 e. The zero-order chi connectivity index (χ0) is 30.6. The van der Waals surface area contributed by atoms with E-state index in [1.807, 2.05) is 13.8 Å². The normalized spacial score (nSPS) is 13.2. The lowest BCUT2D eigenvalue weighted by molar-refractivity contribution is -0.170. The zero-order valence-corrected chi connectivity index (χ0v) is 28.1. The van der Waals surface area contributed by atoms with Crippen molar-refractivity contribution in [2.75, 3.05) is 13.2 Å². The van der Waals surface area contributed by atoms with Gasteiger partial charge in [0, 0.05) is 5.56 Å². The second kappa shape index (κ2) is 13.4. The number of phenolic OH excluding ortho intramolecular Hbond substituents is 1. The molecule has 2 rings (SSSR count). The Labute approximate surface area is 252 Å². The Bertz CT molecular complexity index is 1210. The van der Waals surface area contributed by atoms with Crippen LogP contribution in [0.2, 0.25) is 0 Å². The van der Waals surface area contributed by atoms with Gasteiger partial charge < -0.3 is 24.2 Å². The summed E-state index contributed by atoms with van der Waals surface area (Å²) >= 11 is 6.98. The first-order valence-corrected chi connectivity index (χ1v) is 15.4. The van der Waals surface area contributed by atoms with Gasteiger partial charge in [-0.2, -0.15) is 0 Å². The van der Waals surface area contributed by atoms with Gasteiger partial charge in [-0.25, -0.2) is 0 Å². The Morgan fingerprint density at radius 2 is 1.38 bits per heavy atom. The van der Waals surface area contributed by atoms with Crippen LogP contribution in [-0.2, 0) is 33.8 Å². The minimum Gasteiger partial charge on any atom is -0.508 e. The van der Waals surface area contributed by atoms with Crippen molar-refractivity contribution in [2.45, 2.75) is 66.9 Å². The monoisotopic (exact) mass is 706 g/mol. The summed E-state index contributed by atoms with van der Waals surface area (Å²) in [6, 6.07) is 8.05. The van der Waals surface area contributed by atoms with Crippen LogP contribution in [0, 0.1) is 10.8 Å². The standard InChI is InChI=1S/C28H37Br2O9P/c1-16(2)19-13-18(9-10-22(19)31)38-23-20(29)11-17(12-21(23)30)28(39-40(34)35,14-36-24(32)26(3,4)5)15-37-25(33)27(6,7)8/h9-13,16,31,40H,14-15H2,1-8H3,(H,34,35). The maximum Gasteiger partial charge on any atom is 0.317 e. The number of ether oxygens (including phenoxy) is 3. The van der Waals surface area contributed by atoms with E-state index in [4.69, 9.17) is 18.7 Å². The Hall–Kier alpha value is -1.91. The van der Waals surface area contributed by atoms with Crippen LogP contribution in [-0.4, -0.2) is 35.2 Å². The van der Waals surface area contributed by atoms with Crippen molar-refractivity contribution in [3.8, 4) is 17.2 Å². The number of hydrogen-bond donors (Lipinski definition) is 2. The highest BCUT2D eigenvalue weighted by Crippen LogP contribution is 2.44. The van der Waals surface area contributed by atoms with Crippen LogP contribution in [0.3, 0.4) is 0 Å². The zero-order valence-electron chi connectivity index (χ0n) is 23.9. The SMILES string of the molecule is CC(C)c1cc(Oc2c(Br)cc(C(COC(=O)C(C)(C)C)(COC(=O)C(C)(C)C)O[PH](=O)O)cc2Br)ccc1O. The molecule has 0 amide bonds. The number of carbonyl (C=O) groups excluding carboxylic acids is 2. The number of hydrogen-bond acceptors (Lipinski definition) is 8. The van der Waals surface area contributed by atoms with E-state index in [1.54, 1.807) is 71.9 Å². The van der Waals surface area contributed by atoms with Gasteiger partial charge in [-0.05, 0) is 115 Å². The lowest BCUT2D eigenvalue weighted by Gasteiger charge is -2.34. The van der Waals surface area contributed by atoms with Crippen molar-refractivity contribution < 1.29 is 42.9 Å². The predicted molar refractivity (Wildman–Crippen MR) is 159 cm³/mol. The molecule has 2 aromatic rings. The van der Waals surface area contributed by atoms with Crippen LogP contribution in [0.4, 0.5) is 0 Å². The molecular weight excluding hydrogens is 671 g/mol. The van der Waals surface area contributed by atoms with Crippen LogP contribution in [0.25, 0.3) is 0 Å². The molecule has 12 heteroatoms. The van der Waals surface area contributed by atoms with E-state index in [2.05, 4.69) is 31.9 Å². The second-order valence-corrected chi connectivity index (χ2v) is 14.2. The molecule has 0 saturated heterocycles. The highest BCUT2D eigenvalue weighted by atomic mass is 79.9. The molecule has 0 aliphatic heterocycles. The Balaban J connectivity index is 2.59. The quantitative estimate of drug-likeness (QED) is 0.189. The molecule has 0 heterocycles. The van der Waals surface area contributed by atoms with E-state index in [0.29, 0.717) is 26.0 Å². The molecule has 0 bridgehead atoms. The van der Waals surface area contributed by atoms with Crippen LogP contribution < -0.4 is 4.74 Å². The fourth-order valence-corrected chi connectivity index (χ4v) is 5.31. The van der Waals surface area contributed by atoms with Crippen LogP contribution >= 0.6 is 40.1 Å². The number of halogens is 2. The minimum atomic E-state index is -3.62. The molecule has 2 N–H and O–H groups in total. The van der Waals surface area contributed by atoms with Crippen molar-refractivity contribution in [3.05, 3.63) is 50.4 Å². The average Bonchev–Trinajstić information content (AvgIpc) is 2.81. The topological polar surface area (TPSA) is 129 Å². The summed E-state index contributed by atoms with van der Waals surface area (Å²) in [5.74, 6) is -0.0987. The number of phenols is 1. The summed E-state index contributed by atoms with van der Waals surface area (Å²) in [6.07, 6.45) is 0. The van der Waals surface area contributed by atoms with E-state index in [0.717, 1.165) is 0 Å². The van der Waals surface area contributed by atoms with Gasteiger partial charge in [-0.1, -0.05) is 13.8 Å². The molecule has 0 spiro atoms. The molecule has 222 valence electrons. The van der Waals surface area contributed by atoms with Crippen LogP contribution in [0.15, 0.2) is 39.3 Å². The molecule has 1 unspecified atom stereocenters. The summed E-state index contributed by atoms with van der Waals surface area (Å²) in [4.78, 5) is 35.1. The van der Waals surface area contributed by atoms with Gasteiger partial charge in [0.15, 0.2) is 11.4 Å². The maximum absolute atomic E-state index is 12.6. The molecule has 0 fully saturated rings. The first-order valence-electron chi connectivity index (χ1n) is 12.5. The van der Waals surface area contributed by atoms with Gasteiger partial charge in [-0.15, -0.1) is 0 Å². The van der Waals surface area contributed by atoms with Gasteiger partial charge in [-0.3, -0.25) is 18.7 Å². The maximum atomic E-state index is 12.6. The Kier molecular flexibility index (Phi) is 11.5. The van der Waals surface area contributed by atoms with Crippen LogP contribution in [0.5, 0.6) is 17.2 Å². The van der Waals surface area contributed by atoms with Gasteiger partial charge >= 0.3 is 20.2 Å². The summed E-state index contributed by atoms with van der Waals surface area (Å²) in [7, 11) is -3.62. The second-order valence-electron chi connectivity index (χ2n) is 11.8. The van der Waals surface area contributed by atoms with Crippen molar-refractivity contribution in [2.24, 2.45) is 10.8 Å². The average molecular weight is 708 g/mol. The summed E-state index contributed by atoms with van der Waals surface area (Å²) < 4.78 is 35.6. The molecule has 2 aromatic carbocycles. The van der Waals surface area contributed by atoms with Crippen LogP contribution in [0.1, 0.15) is 72.4 Å². The highest BCUT2D eigenvalue weighted by molar-refractivity contribution is 9.11. The number of benzene rings is 2. The third-order valence-electron chi connectivity index (χ3n) is 5.75. The van der Waals surface area contributed by atoms with Crippen molar-refractivity contribution in [3.63, 3.8) is 0 Å². The number of rotatable bonds is 10. The molecular formula is C28H37Br2O9P. The van der Waals surface area contributed by atoms with E-state index in [-0.39, 0.29) is 17.2 Å². The van der Waals surface area contributed by atoms with Crippen molar-refractivity contribution in [1.29, 1.82) is 0 Å². The lowest BCUT2D eigenvalue weighted by Crippen LogP contribution is -2.42. The fraction of sp³-hybridized carbons (Fsp3) is 0.500. The third kappa shape index (κ3) is 9.05. The molecule has 0 aliphatic carbocycles. The smallest absolute Gasteiger partial charge is 0.317 e. The Morgan fingerprint density at radius 1 is 0.900 bits per heavy atom. The molecule has 0 saturated carbocycles. The first kappa shape index (κ1) is 34.3. The number of esters is 2. The molecule has 0 aromatic heterocycles. The number of carbonyl (C=O) groups is 2. The highest BCUT2D eigenvalue weighted by Gasteiger charge is 2.42. The summed E-state index contributed by atoms with van der Waals surface area (Å²) in [5.41, 5.74) is -2.56. The van der Waals surface area contributed by atoms with Crippen molar-refractivity contribution in [1.82, 2.24) is 0 Å². The summed E-state index contributed by atoms with van der Waals surface area (Å²) in [6.45, 7) is 12.9. The first-order chi connectivity index (χ1) is 18.3. The molecule has 9 nitrogen and oxygen atoms in total. The van der Waals surface area contributed by atoms with E-state index >= 15 is 0 Å². The van der Waals surface area contributed by atoms with E-state index < -0.39 is 49.8 Å². The predicted octanol–water partition coefficient (Wildman–Crippen LogP) is 7.61. The van der Waals surface area contributed by atoms with Gasteiger partial charge in [0.25, 0.3) is 0 Å².